The van der Waals surface area contributed by atoms with Crippen molar-refractivity contribution in [3.63, 3.8) is 0 Å². The fraction of sp³-hybridized carbons (Fsp3) is 0.963. The molecule has 0 saturated heterocycles. The van der Waals surface area contributed by atoms with Crippen molar-refractivity contribution in [2.45, 2.75) is 116 Å². The third-order valence-electron chi connectivity index (χ3n) is 6.29. The summed E-state index contributed by atoms with van der Waals surface area (Å²) in [6, 6.07) is 0. The van der Waals surface area contributed by atoms with Crippen LogP contribution in [0.3, 0.4) is 0 Å². The van der Waals surface area contributed by atoms with Crippen LogP contribution in [0.1, 0.15) is 116 Å². The molecule has 0 heterocycles. The average Bonchev–Trinajstić information content (AvgIpc) is 2.70. The number of hydrogen-bond acceptors (Lipinski definition) is 2. The second-order valence-electron chi connectivity index (χ2n) is 10.6. The molecule has 0 aliphatic rings. The summed E-state index contributed by atoms with van der Waals surface area (Å²) in [5.41, 5.74) is 0. The molecule has 32 heavy (non-hydrogen) atoms. The van der Waals surface area contributed by atoms with Gasteiger partial charge in [0.2, 0.25) is 0 Å². The molecule has 0 spiro atoms. The molecule has 194 valence electrons. The highest BCUT2D eigenvalue weighted by atomic mass is 35.5. The third kappa shape index (κ3) is 25.9. The number of amides is 1. The minimum Gasteiger partial charge on any atom is -1.00 e. The van der Waals surface area contributed by atoms with Gasteiger partial charge in [-0.25, -0.2) is 0 Å². The van der Waals surface area contributed by atoms with Gasteiger partial charge in [0, 0.05) is 6.54 Å². The summed E-state index contributed by atoms with van der Waals surface area (Å²) >= 11 is 0. The Balaban J connectivity index is 0. The zero-order valence-corrected chi connectivity index (χ0v) is 23.3. The minimum atomic E-state index is 0. The topological polar surface area (TPSA) is 32.3 Å². The van der Waals surface area contributed by atoms with Gasteiger partial charge in [0.1, 0.15) is 0 Å². The van der Waals surface area contributed by atoms with E-state index in [0.29, 0.717) is 6.54 Å². The fourth-order valence-corrected chi connectivity index (χ4v) is 4.23. The number of quaternary nitrogens is 1. The first-order chi connectivity index (χ1) is 14.9. The summed E-state index contributed by atoms with van der Waals surface area (Å²) in [5, 5.41) is 3.07. The first-order valence-corrected chi connectivity index (χ1v) is 13.6. The molecule has 0 rings (SSSR count). The number of rotatable bonds is 23. The maximum absolute atomic E-state index is 12.1. The van der Waals surface area contributed by atoms with E-state index in [1.54, 1.807) is 0 Å². The number of carbonyl (C=O) groups is 1. The Morgan fingerprint density at radius 3 is 1.50 bits per heavy atom. The summed E-state index contributed by atoms with van der Waals surface area (Å²) in [6.45, 7) is 5.80. The molecule has 0 saturated carbocycles. The summed E-state index contributed by atoms with van der Waals surface area (Å²) in [5.74, 6) is 0.195. The Labute approximate surface area is 208 Å². The second-order valence-corrected chi connectivity index (χ2v) is 10.6. The molecule has 5 heteroatoms. The van der Waals surface area contributed by atoms with Crippen molar-refractivity contribution in [1.29, 1.82) is 0 Å². The highest BCUT2D eigenvalue weighted by Gasteiger charge is 2.19. The maximum Gasteiger partial charge on any atom is 0.275 e. The summed E-state index contributed by atoms with van der Waals surface area (Å²) in [4.78, 5) is 14.3. The lowest BCUT2D eigenvalue weighted by Crippen LogP contribution is -3.00. The molecule has 0 unspecified atom stereocenters. The van der Waals surface area contributed by atoms with E-state index < -0.39 is 0 Å². The lowest BCUT2D eigenvalue weighted by Gasteiger charge is -2.29. The monoisotopic (exact) mass is 475 g/mol. The van der Waals surface area contributed by atoms with Crippen molar-refractivity contribution in [3.8, 4) is 0 Å². The summed E-state index contributed by atoms with van der Waals surface area (Å²) in [7, 11) is 8.51. The Kier molecular flexibility index (Phi) is 25.2. The molecule has 0 aromatic rings. The molecule has 1 amide bonds. The van der Waals surface area contributed by atoms with Crippen LogP contribution in [0.25, 0.3) is 0 Å². The van der Waals surface area contributed by atoms with Crippen LogP contribution in [0.2, 0.25) is 0 Å². The highest BCUT2D eigenvalue weighted by molar-refractivity contribution is 5.76. The number of likely N-dealkylation sites (N-methyl/N-ethyl adjacent to an activating group) is 1. The summed E-state index contributed by atoms with van der Waals surface area (Å²) in [6.07, 6.45) is 23.5. The first kappa shape index (κ1) is 33.9. The Bertz CT molecular complexity index is 402. The third-order valence-corrected chi connectivity index (χ3v) is 6.29. The number of nitrogens with one attached hydrogen (secondary N) is 1. The van der Waals surface area contributed by atoms with Gasteiger partial charge in [-0.2, -0.15) is 0 Å². The molecule has 0 radical (unpaired) electrons. The number of hydrogen-bond donors (Lipinski definition) is 1. The number of unbranched alkanes of at least 4 members (excludes halogenated alkanes) is 15. The van der Waals surface area contributed by atoms with Crippen LogP contribution in [0.5, 0.6) is 0 Å². The highest BCUT2D eigenvalue weighted by Crippen LogP contribution is 2.14. The average molecular weight is 476 g/mol. The smallest absolute Gasteiger partial charge is 0.275 e. The lowest BCUT2D eigenvalue weighted by molar-refractivity contribution is -0.882. The fourth-order valence-electron chi connectivity index (χ4n) is 4.23. The van der Waals surface area contributed by atoms with Crippen LogP contribution >= 0.6 is 0 Å². The van der Waals surface area contributed by atoms with E-state index in [2.05, 4.69) is 45.3 Å². The van der Waals surface area contributed by atoms with Gasteiger partial charge in [0.05, 0.1) is 20.6 Å². The molecule has 0 fully saturated rings. The SMILES string of the molecule is CCCCCCCCCCCCCCCCCC[N+](C)(C)CC(=O)NCCCN(C)C.[Cl-]. The zero-order valence-electron chi connectivity index (χ0n) is 22.5. The molecule has 0 atom stereocenters. The number of carbonyl (C=O) groups excluding carboxylic acids is 1. The van der Waals surface area contributed by atoms with Crippen LogP contribution in [0.15, 0.2) is 0 Å². The van der Waals surface area contributed by atoms with Gasteiger partial charge >= 0.3 is 0 Å². The Morgan fingerprint density at radius 1 is 0.688 bits per heavy atom. The van der Waals surface area contributed by atoms with Crippen molar-refractivity contribution in [2.75, 3.05) is 54.4 Å². The number of halogens is 1. The summed E-state index contributed by atoms with van der Waals surface area (Å²) < 4.78 is 0.804. The minimum absolute atomic E-state index is 0. The normalized spacial score (nSPS) is 11.6. The zero-order chi connectivity index (χ0) is 23.2. The van der Waals surface area contributed by atoms with Gasteiger partial charge in [-0.05, 0) is 39.9 Å². The molecule has 0 aromatic carbocycles. The van der Waals surface area contributed by atoms with Crippen LogP contribution in [-0.4, -0.2) is 69.7 Å². The molecule has 1 N–H and O–H groups in total. The van der Waals surface area contributed by atoms with Crippen molar-refractivity contribution in [1.82, 2.24) is 10.2 Å². The molecular formula is C27H58ClN3O. The lowest BCUT2D eigenvalue weighted by atomic mass is 10.0. The van der Waals surface area contributed by atoms with Gasteiger partial charge in [0.15, 0.2) is 6.54 Å². The van der Waals surface area contributed by atoms with Gasteiger partial charge in [-0.1, -0.05) is 96.8 Å². The van der Waals surface area contributed by atoms with E-state index in [0.717, 1.165) is 30.5 Å². The predicted octanol–water partition coefficient (Wildman–Crippen LogP) is 3.40. The van der Waals surface area contributed by atoms with Crippen molar-refractivity contribution >= 4 is 5.91 Å². The van der Waals surface area contributed by atoms with Gasteiger partial charge in [0.25, 0.3) is 5.91 Å². The molecule has 0 aliphatic heterocycles. The van der Waals surface area contributed by atoms with Crippen LogP contribution in [-0.2, 0) is 4.79 Å². The predicted molar refractivity (Wildman–Crippen MR) is 138 cm³/mol. The van der Waals surface area contributed by atoms with Crippen LogP contribution in [0.4, 0.5) is 0 Å². The molecule has 0 aliphatic carbocycles. The van der Waals surface area contributed by atoms with E-state index >= 15 is 0 Å². The quantitative estimate of drug-likeness (QED) is 0.181. The van der Waals surface area contributed by atoms with Gasteiger partial charge < -0.3 is 27.1 Å². The largest absolute Gasteiger partial charge is 1.00 e. The van der Waals surface area contributed by atoms with E-state index in [-0.39, 0.29) is 18.3 Å². The molecular weight excluding hydrogens is 418 g/mol. The van der Waals surface area contributed by atoms with Crippen molar-refractivity contribution in [3.05, 3.63) is 0 Å². The van der Waals surface area contributed by atoms with E-state index in [4.69, 9.17) is 0 Å². The number of nitrogens with zero attached hydrogens (tertiary/aromatic N) is 2. The van der Waals surface area contributed by atoms with Crippen LogP contribution in [0, 0.1) is 0 Å². The Hall–Kier alpha value is -0.320. The van der Waals surface area contributed by atoms with Gasteiger partial charge in [-0.3, -0.25) is 4.79 Å². The molecule has 4 nitrogen and oxygen atoms in total. The van der Waals surface area contributed by atoms with Crippen LogP contribution < -0.4 is 17.7 Å². The maximum atomic E-state index is 12.1. The van der Waals surface area contributed by atoms with Gasteiger partial charge in [-0.15, -0.1) is 0 Å². The molecule has 0 aromatic heterocycles. The first-order valence-electron chi connectivity index (χ1n) is 13.6. The van der Waals surface area contributed by atoms with Crippen molar-refractivity contribution < 1.29 is 21.7 Å². The molecule has 0 bridgehead atoms. The standard InChI is InChI=1S/C27H57N3O.ClH/c1-6-7-8-9-10-11-12-13-14-15-16-17-18-19-20-21-25-30(4,5)26-27(31)28-23-22-24-29(2)3;/h6-26H2,1-5H3;1H. The Morgan fingerprint density at radius 2 is 1.09 bits per heavy atom. The van der Waals surface area contributed by atoms with E-state index in [1.807, 2.05) is 0 Å². The van der Waals surface area contributed by atoms with E-state index in [1.165, 1.54) is 103 Å². The second kappa shape index (κ2) is 23.8. The van der Waals surface area contributed by atoms with E-state index in [9.17, 15) is 4.79 Å². The van der Waals surface area contributed by atoms with Crippen molar-refractivity contribution in [2.24, 2.45) is 0 Å².